The zero-order valence-corrected chi connectivity index (χ0v) is 8.28. The molecule has 14 heavy (non-hydrogen) atoms. The Kier molecular flexibility index (Phi) is 2.96. The first kappa shape index (κ1) is 9.44. The summed E-state index contributed by atoms with van der Waals surface area (Å²) in [5.41, 5.74) is 2.60. The van der Waals surface area contributed by atoms with E-state index in [0.717, 1.165) is 32.1 Å². The second-order valence-corrected chi connectivity index (χ2v) is 4.07. The minimum Gasteiger partial charge on any atom is -0.273 e. The number of hydrazone groups is 1. The normalized spacial score (nSPS) is 26.7. The van der Waals surface area contributed by atoms with Crippen LogP contribution in [0.4, 0.5) is 0 Å². The van der Waals surface area contributed by atoms with E-state index in [4.69, 9.17) is 0 Å². The van der Waals surface area contributed by atoms with E-state index in [1.54, 1.807) is 0 Å². The van der Waals surface area contributed by atoms with Gasteiger partial charge in [0.2, 0.25) is 5.91 Å². The summed E-state index contributed by atoms with van der Waals surface area (Å²) in [5, 5.41) is 4.00. The third-order valence-corrected chi connectivity index (χ3v) is 2.72. The Bertz CT molecular complexity index is 266. The molecule has 1 fully saturated rings. The van der Waals surface area contributed by atoms with Crippen LogP contribution in [0.15, 0.2) is 17.3 Å². The maximum Gasteiger partial charge on any atom is 0.243 e. The molecule has 1 amide bonds. The fraction of sp³-hybridized carbons (Fsp3) is 0.636. The smallest absolute Gasteiger partial charge is 0.243 e. The van der Waals surface area contributed by atoms with Gasteiger partial charge in [-0.3, -0.25) is 4.79 Å². The number of carbonyl (C=O) groups excluding carboxylic acids is 1. The van der Waals surface area contributed by atoms with Crippen molar-refractivity contribution in [3.8, 4) is 0 Å². The molecule has 0 saturated heterocycles. The van der Waals surface area contributed by atoms with Crippen molar-refractivity contribution in [1.29, 1.82) is 0 Å². The lowest BCUT2D eigenvalue weighted by Crippen LogP contribution is -2.20. The molecule has 3 nitrogen and oxygen atoms in total. The van der Waals surface area contributed by atoms with Crippen molar-refractivity contribution >= 4 is 12.1 Å². The van der Waals surface area contributed by atoms with Crippen LogP contribution < -0.4 is 5.43 Å². The van der Waals surface area contributed by atoms with Crippen LogP contribution in [-0.2, 0) is 4.79 Å². The number of allylic oxidation sites excluding steroid dienone is 2. The molecule has 0 aliphatic heterocycles. The van der Waals surface area contributed by atoms with Crippen molar-refractivity contribution in [2.75, 3.05) is 0 Å². The summed E-state index contributed by atoms with van der Waals surface area (Å²) in [5.74, 6) is 0.852. The molecule has 1 atom stereocenters. The SMILES string of the molecule is O=C(N/N=C/C1CC=CCC1)C1CC1. The second kappa shape index (κ2) is 4.40. The summed E-state index contributed by atoms with van der Waals surface area (Å²) >= 11 is 0. The van der Waals surface area contributed by atoms with Crippen molar-refractivity contribution in [2.45, 2.75) is 32.1 Å². The summed E-state index contributed by atoms with van der Waals surface area (Å²) < 4.78 is 0. The van der Waals surface area contributed by atoms with E-state index in [1.807, 2.05) is 6.21 Å². The minimum atomic E-state index is 0.0904. The molecule has 0 aromatic heterocycles. The van der Waals surface area contributed by atoms with Crippen LogP contribution in [0.1, 0.15) is 32.1 Å². The van der Waals surface area contributed by atoms with E-state index in [9.17, 15) is 4.79 Å². The molecule has 0 bridgehead atoms. The number of hydrogen-bond donors (Lipinski definition) is 1. The number of amides is 1. The van der Waals surface area contributed by atoms with E-state index in [0.29, 0.717) is 5.92 Å². The molecule has 0 spiro atoms. The average molecular weight is 192 g/mol. The van der Waals surface area contributed by atoms with Crippen LogP contribution in [-0.4, -0.2) is 12.1 Å². The molecule has 0 heterocycles. The number of hydrogen-bond acceptors (Lipinski definition) is 2. The summed E-state index contributed by atoms with van der Waals surface area (Å²) in [7, 11) is 0. The molecule has 2 rings (SSSR count). The van der Waals surface area contributed by atoms with Crippen LogP contribution in [0.5, 0.6) is 0 Å². The summed E-state index contributed by atoms with van der Waals surface area (Å²) in [6.45, 7) is 0. The van der Waals surface area contributed by atoms with Gasteiger partial charge >= 0.3 is 0 Å². The zero-order chi connectivity index (χ0) is 9.80. The first-order chi connectivity index (χ1) is 6.86. The lowest BCUT2D eigenvalue weighted by molar-refractivity contribution is -0.122. The van der Waals surface area contributed by atoms with Crippen molar-refractivity contribution in [2.24, 2.45) is 16.9 Å². The predicted molar refractivity (Wildman–Crippen MR) is 55.8 cm³/mol. The highest BCUT2D eigenvalue weighted by Gasteiger charge is 2.29. The predicted octanol–water partition coefficient (Wildman–Crippen LogP) is 1.85. The van der Waals surface area contributed by atoms with E-state index < -0.39 is 0 Å². The number of nitrogens with zero attached hydrogens (tertiary/aromatic N) is 1. The molecular weight excluding hydrogens is 176 g/mol. The van der Waals surface area contributed by atoms with Gasteiger partial charge in [0.15, 0.2) is 0 Å². The lowest BCUT2D eigenvalue weighted by Gasteiger charge is -2.11. The van der Waals surface area contributed by atoms with Crippen molar-refractivity contribution in [3.63, 3.8) is 0 Å². The first-order valence-electron chi connectivity index (χ1n) is 5.34. The molecule has 1 N–H and O–H groups in total. The van der Waals surface area contributed by atoms with Crippen LogP contribution in [0, 0.1) is 11.8 Å². The third-order valence-electron chi connectivity index (χ3n) is 2.72. The van der Waals surface area contributed by atoms with Gasteiger partial charge in [-0.2, -0.15) is 5.10 Å². The van der Waals surface area contributed by atoms with Crippen LogP contribution in [0.25, 0.3) is 0 Å². The van der Waals surface area contributed by atoms with E-state index in [1.165, 1.54) is 0 Å². The molecule has 76 valence electrons. The Morgan fingerprint density at radius 1 is 1.36 bits per heavy atom. The van der Waals surface area contributed by atoms with Crippen LogP contribution in [0.2, 0.25) is 0 Å². The van der Waals surface area contributed by atoms with Gasteiger partial charge in [-0.05, 0) is 38.0 Å². The topological polar surface area (TPSA) is 41.5 Å². The lowest BCUT2D eigenvalue weighted by atomic mass is 9.96. The maximum absolute atomic E-state index is 11.2. The van der Waals surface area contributed by atoms with Gasteiger partial charge in [-0.1, -0.05) is 12.2 Å². The third kappa shape index (κ3) is 2.69. The Labute approximate surface area is 84.3 Å². The average Bonchev–Trinajstić information content (AvgIpc) is 3.02. The minimum absolute atomic E-state index is 0.0904. The van der Waals surface area contributed by atoms with Crippen molar-refractivity contribution in [3.05, 3.63) is 12.2 Å². The molecule has 0 aromatic rings. The van der Waals surface area contributed by atoms with Gasteiger partial charge in [-0.25, -0.2) is 5.43 Å². The first-order valence-corrected chi connectivity index (χ1v) is 5.34. The Morgan fingerprint density at radius 2 is 2.21 bits per heavy atom. The molecule has 2 aliphatic rings. The summed E-state index contributed by atoms with van der Waals surface area (Å²) in [6.07, 6.45) is 11.7. The highest BCUT2D eigenvalue weighted by molar-refractivity contribution is 5.81. The van der Waals surface area contributed by atoms with Gasteiger partial charge in [0.05, 0.1) is 0 Å². The van der Waals surface area contributed by atoms with Crippen LogP contribution in [0.3, 0.4) is 0 Å². The zero-order valence-electron chi connectivity index (χ0n) is 8.28. The van der Waals surface area contributed by atoms with E-state index in [-0.39, 0.29) is 11.8 Å². The van der Waals surface area contributed by atoms with Gasteiger partial charge in [0.25, 0.3) is 0 Å². The molecule has 0 aromatic carbocycles. The summed E-state index contributed by atoms with van der Waals surface area (Å²) in [4.78, 5) is 11.2. The Hall–Kier alpha value is -1.12. The van der Waals surface area contributed by atoms with Crippen LogP contribution >= 0.6 is 0 Å². The van der Waals surface area contributed by atoms with Crippen molar-refractivity contribution in [1.82, 2.24) is 5.43 Å². The van der Waals surface area contributed by atoms with Crippen molar-refractivity contribution < 1.29 is 4.79 Å². The molecule has 2 aliphatic carbocycles. The largest absolute Gasteiger partial charge is 0.273 e. The maximum atomic E-state index is 11.2. The standard InChI is InChI=1S/C11H16N2O/c14-11(10-6-7-10)13-12-8-9-4-2-1-3-5-9/h1-2,8-10H,3-7H2,(H,13,14)/b12-8+. The number of rotatable bonds is 3. The second-order valence-electron chi connectivity index (χ2n) is 4.07. The van der Waals surface area contributed by atoms with E-state index in [2.05, 4.69) is 22.7 Å². The molecule has 0 radical (unpaired) electrons. The van der Waals surface area contributed by atoms with Gasteiger partial charge in [0.1, 0.15) is 0 Å². The highest BCUT2D eigenvalue weighted by atomic mass is 16.2. The Morgan fingerprint density at radius 3 is 2.86 bits per heavy atom. The van der Waals surface area contributed by atoms with Gasteiger partial charge in [0, 0.05) is 12.1 Å². The fourth-order valence-corrected chi connectivity index (χ4v) is 1.60. The summed E-state index contributed by atoms with van der Waals surface area (Å²) in [6, 6.07) is 0. The Balaban J connectivity index is 1.70. The number of carbonyl (C=O) groups is 1. The molecular formula is C11H16N2O. The fourth-order valence-electron chi connectivity index (χ4n) is 1.60. The van der Waals surface area contributed by atoms with Gasteiger partial charge in [-0.15, -0.1) is 0 Å². The molecule has 1 saturated carbocycles. The van der Waals surface area contributed by atoms with E-state index >= 15 is 0 Å². The van der Waals surface area contributed by atoms with Gasteiger partial charge < -0.3 is 0 Å². The quantitative estimate of drug-likeness (QED) is 0.414. The molecule has 1 unspecified atom stereocenters. The number of nitrogens with one attached hydrogen (secondary N) is 1. The highest BCUT2D eigenvalue weighted by Crippen LogP contribution is 2.28. The molecule has 3 heteroatoms. The monoisotopic (exact) mass is 192 g/mol.